The van der Waals surface area contributed by atoms with Crippen molar-refractivity contribution in [3.8, 4) is 11.3 Å². The maximum atomic E-state index is 4.52. The molecule has 2 aromatic rings. The Balaban J connectivity index is 2.34. The molecule has 1 heterocycles. The fraction of sp³-hybridized carbons (Fsp3) is 0.182. The summed E-state index contributed by atoms with van der Waals surface area (Å²) >= 11 is 1.67. The van der Waals surface area contributed by atoms with Gasteiger partial charge in [-0.25, -0.2) is 4.98 Å². The van der Waals surface area contributed by atoms with E-state index in [0.29, 0.717) is 0 Å². The van der Waals surface area contributed by atoms with Gasteiger partial charge in [0, 0.05) is 25.0 Å². The number of anilines is 1. The van der Waals surface area contributed by atoms with E-state index in [9.17, 15) is 0 Å². The first-order valence-corrected chi connectivity index (χ1v) is 5.33. The van der Waals surface area contributed by atoms with E-state index in [-0.39, 0.29) is 0 Å². The molecule has 0 saturated heterocycles. The van der Waals surface area contributed by atoms with E-state index in [1.807, 2.05) is 37.2 Å². The SMILES string of the molecule is CN(C)c1nc(-c2ccccc2)cs1. The monoisotopic (exact) mass is 204 g/mol. The summed E-state index contributed by atoms with van der Waals surface area (Å²) in [6.07, 6.45) is 0. The molecule has 2 rings (SSSR count). The average molecular weight is 204 g/mol. The van der Waals surface area contributed by atoms with Gasteiger partial charge in [-0.1, -0.05) is 30.3 Å². The van der Waals surface area contributed by atoms with Crippen molar-refractivity contribution in [3.05, 3.63) is 35.7 Å². The summed E-state index contributed by atoms with van der Waals surface area (Å²) in [5, 5.41) is 3.13. The summed E-state index contributed by atoms with van der Waals surface area (Å²) in [6.45, 7) is 0. The van der Waals surface area contributed by atoms with Crippen molar-refractivity contribution in [3.63, 3.8) is 0 Å². The third-order valence-corrected chi connectivity index (χ3v) is 2.95. The molecule has 72 valence electrons. The molecule has 1 aromatic heterocycles. The van der Waals surface area contributed by atoms with Gasteiger partial charge < -0.3 is 4.90 Å². The second-order valence-corrected chi connectivity index (χ2v) is 4.11. The van der Waals surface area contributed by atoms with Crippen LogP contribution in [0.4, 0.5) is 5.13 Å². The molecule has 14 heavy (non-hydrogen) atoms. The van der Waals surface area contributed by atoms with Crippen LogP contribution in [0.1, 0.15) is 0 Å². The highest BCUT2D eigenvalue weighted by atomic mass is 32.1. The molecule has 0 atom stereocenters. The Bertz CT molecular complexity index is 406. The lowest BCUT2D eigenvalue weighted by atomic mass is 10.2. The lowest BCUT2D eigenvalue weighted by molar-refractivity contribution is 1.11. The summed E-state index contributed by atoms with van der Waals surface area (Å²) in [5.74, 6) is 0. The second kappa shape index (κ2) is 3.80. The number of hydrogen-bond donors (Lipinski definition) is 0. The zero-order valence-corrected chi connectivity index (χ0v) is 9.08. The Morgan fingerprint density at radius 2 is 1.86 bits per heavy atom. The fourth-order valence-corrected chi connectivity index (χ4v) is 1.98. The van der Waals surface area contributed by atoms with Gasteiger partial charge in [0.1, 0.15) is 0 Å². The van der Waals surface area contributed by atoms with Crippen LogP contribution in [0.3, 0.4) is 0 Å². The van der Waals surface area contributed by atoms with Crippen molar-refractivity contribution in [1.82, 2.24) is 4.98 Å². The molecular formula is C11H12N2S. The molecule has 0 unspecified atom stereocenters. The van der Waals surface area contributed by atoms with Crippen molar-refractivity contribution < 1.29 is 0 Å². The Morgan fingerprint density at radius 3 is 2.43 bits per heavy atom. The smallest absolute Gasteiger partial charge is 0.185 e. The van der Waals surface area contributed by atoms with Gasteiger partial charge in [-0.3, -0.25) is 0 Å². The van der Waals surface area contributed by atoms with Crippen LogP contribution < -0.4 is 4.90 Å². The van der Waals surface area contributed by atoms with Crippen LogP contribution in [0.15, 0.2) is 35.7 Å². The molecule has 2 nitrogen and oxygen atoms in total. The first kappa shape index (κ1) is 9.21. The van der Waals surface area contributed by atoms with Crippen LogP contribution in [0.25, 0.3) is 11.3 Å². The van der Waals surface area contributed by atoms with E-state index in [4.69, 9.17) is 0 Å². The average Bonchev–Trinajstić information content (AvgIpc) is 2.68. The molecule has 0 N–H and O–H groups in total. The summed E-state index contributed by atoms with van der Waals surface area (Å²) in [7, 11) is 4.02. The lowest BCUT2D eigenvalue weighted by Crippen LogP contribution is -2.07. The zero-order chi connectivity index (χ0) is 9.97. The number of rotatable bonds is 2. The minimum atomic E-state index is 1.05. The van der Waals surface area contributed by atoms with Crippen LogP contribution in [-0.4, -0.2) is 19.1 Å². The van der Waals surface area contributed by atoms with Crippen molar-refractivity contribution in [2.45, 2.75) is 0 Å². The number of aromatic nitrogens is 1. The minimum Gasteiger partial charge on any atom is -0.354 e. The van der Waals surface area contributed by atoms with E-state index in [1.165, 1.54) is 5.56 Å². The minimum absolute atomic E-state index is 1.05. The first-order valence-electron chi connectivity index (χ1n) is 4.45. The van der Waals surface area contributed by atoms with Crippen molar-refractivity contribution >= 4 is 16.5 Å². The first-order chi connectivity index (χ1) is 6.77. The Morgan fingerprint density at radius 1 is 1.14 bits per heavy atom. The highest BCUT2D eigenvalue weighted by Gasteiger charge is 2.04. The standard InChI is InChI=1S/C11H12N2S/c1-13(2)11-12-10(8-14-11)9-6-4-3-5-7-9/h3-8H,1-2H3. The van der Waals surface area contributed by atoms with Gasteiger partial charge in [0.25, 0.3) is 0 Å². The predicted octanol–water partition coefficient (Wildman–Crippen LogP) is 2.88. The fourth-order valence-electron chi connectivity index (χ4n) is 1.21. The summed E-state index contributed by atoms with van der Waals surface area (Å²) in [6, 6.07) is 10.2. The number of hydrogen-bond acceptors (Lipinski definition) is 3. The summed E-state index contributed by atoms with van der Waals surface area (Å²) in [4.78, 5) is 6.55. The van der Waals surface area contributed by atoms with E-state index >= 15 is 0 Å². The van der Waals surface area contributed by atoms with E-state index in [1.54, 1.807) is 11.3 Å². The van der Waals surface area contributed by atoms with E-state index in [2.05, 4.69) is 22.5 Å². The summed E-state index contributed by atoms with van der Waals surface area (Å²) in [5.41, 5.74) is 2.23. The van der Waals surface area contributed by atoms with Gasteiger partial charge in [-0.15, -0.1) is 11.3 Å². The third kappa shape index (κ3) is 1.77. The van der Waals surface area contributed by atoms with Crippen LogP contribution in [-0.2, 0) is 0 Å². The van der Waals surface area contributed by atoms with Crippen molar-refractivity contribution in [2.24, 2.45) is 0 Å². The largest absolute Gasteiger partial charge is 0.354 e. The van der Waals surface area contributed by atoms with Gasteiger partial charge in [-0.2, -0.15) is 0 Å². The van der Waals surface area contributed by atoms with Gasteiger partial charge >= 0.3 is 0 Å². The van der Waals surface area contributed by atoms with Gasteiger partial charge in [0.2, 0.25) is 0 Å². The molecule has 0 saturated carbocycles. The third-order valence-electron chi connectivity index (χ3n) is 1.94. The molecule has 0 fully saturated rings. The van der Waals surface area contributed by atoms with Crippen LogP contribution in [0.2, 0.25) is 0 Å². The molecule has 1 aromatic carbocycles. The van der Waals surface area contributed by atoms with Crippen LogP contribution >= 0.6 is 11.3 Å². The maximum absolute atomic E-state index is 4.52. The molecule has 0 amide bonds. The van der Waals surface area contributed by atoms with Gasteiger partial charge in [0.15, 0.2) is 5.13 Å². The zero-order valence-electron chi connectivity index (χ0n) is 8.27. The molecular weight excluding hydrogens is 192 g/mol. The van der Waals surface area contributed by atoms with Gasteiger partial charge in [0.05, 0.1) is 5.69 Å². The predicted molar refractivity (Wildman–Crippen MR) is 61.9 cm³/mol. The topological polar surface area (TPSA) is 16.1 Å². The Labute approximate surface area is 87.8 Å². The molecule has 0 radical (unpaired) electrons. The highest BCUT2D eigenvalue weighted by molar-refractivity contribution is 7.14. The number of thiazole rings is 1. The molecule has 0 aliphatic rings. The molecule has 0 bridgehead atoms. The lowest BCUT2D eigenvalue weighted by Gasteiger charge is -2.05. The maximum Gasteiger partial charge on any atom is 0.185 e. The van der Waals surface area contributed by atoms with Crippen molar-refractivity contribution in [2.75, 3.05) is 19.0 Å². The highest BCUT2D eigenvalue weighted by Crippen LogP contribution is 2.25. The number of benzene rings is 1. The van der Waals surface area contributed by atoms with Crippen molar-refractivity contribution in [1.29, 1.82) is 0 Å². The Kier molecular flexibility index (Phi) is 2.50. The quantitative estimate of drug-likeness (QED) is 0.747. The van der Waals surface area contributed by atoms with Crippen LogP contribution in [0, 0.1) is 0 Å². The van der Waals surface area contributed by atoms with E-state index in [0.717, 1.165) is 10.8 Å². The molecule has 0 spiro atoms. The Hall–Kier alpha value is -1.35. The second-order valence-electron chi connectivity index (χ2n) is 3.28. The number of nitrogens with zero attached hydrogens (tertiary/aromatic N) is 2. The summed E-state index contributed by atoms with van der Waals surface area (Å²) < 4.78 is 0. The normalized spacial score (nSPS) is 10.1. The molecule has 0 aliphatic carbocycles. The molecule has 0 aliphatic heterocycles. The van der Waals surface area contributed by atoms with Gasteiger partial charge in [-0.05, 0) is 0 Å². The van der Waals surface area contributed by atoms with Crippen LogP contribution in [0.5, 0.6) is 0 Å². The van der Waals surface area contributed by atoms with E-state index < -0.39 is 0 Å². The molecule has 3 heteroatoms.